The Morgan fingerprint density at radius 2 is 1.87 bits per heavy atom. The van der Waals surface area contributed by atoms with Gasteiger partial charge in [-0.15, -0.1) is 0 Å². The highest BCUT2D eigenvalue weighted by Crippen LogP contribution is 2.41. The average Bonchev–Trinajstić information content (AvgIpc) is 2.82. The normalized spacial score (nSPS) is 19.0. The summed E-state index contributed by atoms with van der Waals surface area (Å²) in [6.07, 6.45) is 2.03. The lowest BCUT2D eigenvalue weighted by Gasteiger charge is -2.20. The summed E-state index contributed by atoms with van der Waals surface area (Å²) in [4.78, 5) is 9.05. The van der Waals surface area contributed by atoms with Crippen molar-refractivity contribution in [2.75, 3.05) is 0 Å². The van der Waals surface area contributed by atoms with Crippen LogP contribution in [0.4, 0.5) is 0 Å². The third-order valence-corrected chi connectivity index (χ3v) is 2.86. The van der Waals surface area contributed by atoms with Crippen molar-refractivity contribution in [1.82, 2.24) is 9.97 Å². The first kappa shape index (κ1) is 10.6. The van der Waals surface area contributed by atoms with E-state index in [1.807, 2.05) is 6.92 Å². The molecule has 1 fully saturated rings. The fourth-order valence-corrected chi connectivity index (χ4v) is 1.53. The molecule has 1 aromatic heterocycles. The molecule has 0 aliphatic heterocycles. The molecule has 0 unspecified atom stereocenters. The van der Waals surface area contributed by atoms with Crippen molar-refractivity contribution < 1.29 is 0 Å². The number of hydrogen-bond acceptors (Lipinski definition) is 3. The highest BCUT2D eigenvalue weighted by molar-refractivity contribution is 5.23. The van der Waals surface area contributed by atoms with Crippen molar-refractivity contribution in [3.8, 4) is 0 Å². The topological polar surface area (TPSA) is 51.8 Å². The predicted octanol–water partition coefficient (Wildman–Crippen LogP) is 2.03. The molecule has 1 saturated carbocycles. The number of aromatic nitrogens is 2. The third kappa shape index (κ3) is 2.02. The maximum Gasteiger partial charge on any atom is 0.148 e. The summed E-state index contributed by atoms with van der Waals surface area (Å²) in [7, 11) is 0. The number of nitrogens with zero attached hydrogens (tertiary/aromatic N) is 2. The van der Waals surface area contributed by atoms with Gasteiger partial charge < -0.3 is 5.73 Å². The van der Waals surface area contributed by atoms with Crippen LogP contribution in [0.5, 0.6) is 0 Å². The summed E-state index contributed by atoms with van der Waals surface area (Å²) < 4.78 is 0. The van der Waals surface area contributed by atoms with Crippen molar-refractivity contribution in [3.05, 3.63) is 23.3 Å². The summed E-state index contributed by atoms with van der Waals surface area (Å²) >= 11 is 0. The van der Waals surface area contributed by atoms with Gasteiger partial charge in [0.25, 0.3) is 0 Å². The standard InChI is InChI=1S/C12H19N3/c1-8-7-9(11(2,3)4)15-10(14-8)12(13)5-6-12/h7H,5-6,13H2,1-4H3. The highest BCUT2D eigenvalue weighted by Gasteiger charge is 2.43. The second-order valence-electron chi connectivity index (χ2n) is 5.62. The van der Waals surface area contributed by atoms with Crippen LogP contribution < -0.4 is 5.73 Å². The molecule has 0 atom stereocenters. The van der Waals surface area contributed by atoms with E-state index in [0.29, 0.717) is 0 Å². The van der Waals surface area contributed by atoms with Crippen LogP contribution in [-0.2, 0) is 11.0 Å². The molecule has 2 rings (SSSR count). The molecule has 0 amide bonds. The zero-order valence-electron chi connectivity index (χ0n) is 9.96. The average molecular weight is 205 g/mol. The Morgan fingerprint density at radius 3 is 2.33 bits per heavy atom. The van der Waals surface area contributed by atoms with Gasteiger partial charge in [-0.1, -0.05) is 20.8 Å². The molecule has 1 aliphatic carbocycles. The molecule has 0 aromatic carbocycles. The maximum atomic E-state index is 6.12. The minimum atomic E-state index is -0.230. The van der Waals surface area contributed by atoms with Crippen LogP contribution in [0.2, 0.25) is 0 Å². The first-order valence-electron chi connectivity index (χ1n) is 5.47. The molecule has 2 N–H and O–H groups in total. The summed E-state index contributed by atoms with van der Waals surface area (Å²) in [5.41, 5.74) is 8.06. The lowest BCUT2D eigenvalue weighted by atomic mass is 9.91. The molecule has 0 spiro atoms. The second kappa shape index (κ2) is 3.01. The van der Waals surface area contributed by atoms with Crippen LogP contribution in [0.25, 0.3) is 0 Å². The van der Waals surface area contributed by atoms with E-state index < -0.39 is 0 Å². The zero-order valence-corrected chi connectivity index (χ0v) is 9.96. The Kier molecular flexibility index (Phi) is 2.12. The minimum Gasteiger partial charge on any atom is -0.319 e. The number of aryl methyl sites for hydroxylation is 1. The van der Waals surface area contributed by atoms with Crippen LogP contribution in [0.15, 0.2) is 6.07 Å². The van der Waals surface area contributed by atoms with E-state index in [9.17, 15) is 0 Å². The van der Waals surface area contributed by atoms with E-state index >= 15 is 0 Å². The molecule has 1 aromatic rings. The van der Waals surface area contributed by atoms with Crippen molar-refractivity contribution in [1.29, 1.82) is 0 Å². The van der Waals surface area contributed by atoms with Gasteiger partial charge in [-0.3, -0.25) is 0 Å². The fraction of sp³-hybridized carbons (Fsp3) is 0.667. The Morgan fingerprint density at radius 1 is 1.27 bits per heavy atom. The summed E-state index contributed by atoms with van der Waals surface area (Å²) in [5.74, 6) is 0.826. The van der Waals surface area contributed by atoms with Gasteiger partial charge >= 0.3 is 0 Å². The van der Waals surface area contributed by atoms with Gasteiger partial charge in [-0.25, -0.2) is 9.97 Å². The van der Waals surface area contributed by atoms with Gasteiger partial charge in [-0.05, 0) is 25.8 Å². The number of nitrogens with two attached hydrogens (primary N) is 1. The Balaban J connectivity index is 2.46. The van der Waals surface area contributed by atoms with Crippen LogP contribution >= 0.6 is 0 Å². The van der Waals surface area contributed by atoms with E-state index in [1.165, 1.54) is 0 Å². The minimum absolute atomic E-state index is 0.0632. The highest BCUT2D eigenvalue weighted by atomic mass is 15.0. The quantitative estimate of drug-likeness (QED) is 0.763. The van der Waals surface area contributed by atoms with Crippen molar-refractivity contribution in [2.45, 2.75) is 51.5 Å². The maximum absolute atomic E-state index is 6.12. The SMILES string of the molecule is Cc1cc(C(C)(C)C)nc(C2(N)CC2)n1. The molecule has 0 saturated heterocycles. The molecule has 1 heterocycles. The van der Waals surface area contributed by atoms with Gasteiger partial charge in [0, 0.05) is 16.8 Å². The lowest BCUT2D eigenvalue weighted by Crippen LogP contribution is -2.25. The Bertz CT molecular complexity index is 363. The van der Waals surface area contributed by atoms with E-state index in [0.717, 1.165) is 30.1 Å². The molecule has 0 radical (unpaired) electrons. The Hall–Kier alpha value is -0.960. The van der Waals surface area contributed by atoms with Gasteiger partial charge in [0.15, 0.2) is 0 Å². The molecule has 3 nitrogen and oxygen atoms in total. The van der Waals surface area contributed by atoms with E-state index in [1.54, 1.807) is 0 Å². The van der Waals surface area contributed by atoms with Crippen LogP contribution in [-0.4, -0.2) is 9.97 Å². The molecule has 1 aliphatic rings. The van der Waals surface area contributed by atoms with E-state index in [2.05, 4.69) is 36.8 Å². The molecule has 15 heavy (non-hydrogen) atoms. The van der Waals surface area contributed by atoms with E-state index in [-0.39, 0.29) is 11.0 Å². The first-order valence-corrected chi connectivity index (χ1v) is 5.47. The summed E-state index contributed by atoms with van der Waals surface area (Å²) in [5, 5.41) is 0. The smallest absolute Gasteiger partial charge is 0.148 e. The predicted molar refractivity (Wildman–Crippen MR) is 60.6 cm³/mol. The van der Waals surface area contributed by atoms with Gasteiger partial charge in [0.2, 0.25) is 0 Å². The zero-order chi connectivity index (χ0) is 11.3. The number of rotatable bonds is 1. The first-order chi connectivity index (χ1) is 6.81. The lowest BCUT2D eigenvalue weighted by molar-refractivity contribution is 0.548. The monoisotopic (exact) mass is 205 g/mol. The van der Waals surface area contributed by atoms with Gasteiger partial charge in [-0.2, -0.15) is 0 Å². The third-order valence-electron chi connectivity index (χ3n) is 2.86. The molecular weight excluding hydrogens is 186 g/mol. The van der Waals surface area contributed by atoms with E-state index in [4.69, 9.17) is 5.73 Å². The fourth-order valence-electron chi connectivity index (χ4n) is 1.53. The molecular formula is C12H19N3. The van der Waals surface area contributed by atoms with Crippen molar-refractivity contribution >= 4 is 0 Å². The Labute approximate surface area is 91.1 Å². The number of hydrogen-bond donors (Lipinski definition) is 1. The van der Waals surface area contributed by atoms with Crippen LogP contribution in [0.3, 0.4) is 0 Å². The van der Waals surface area contributed by atoms with Gasteiger partial charge in [0.1, 0.15) is 5.82 Å². The second-order valence-corrected chi connectivity index (χ2v) is 5.62. The van der Waals surface area contributed by atoms with Crippen molar-refractivity contribution in [3.63, 3.8) is 0 Å². The molecule has 0 bridgehead atoms. The van der Waals surface area contributed by atoms with Crippen molar-refractivity contribution in [2.24, 2.45) is 5.73 Å². The summed E-state index contributed by atoms with van der Waals surface area (Å²) in [6.45, 7) is 8.49. The van der Waals surface area contributed by atoms with Crippen LogP contribution in [0.1, 0.15) is 50.8 Å². The molecule has 3 heteroatoms. The van der Waals surface area contributed by atoms with Gasteiger partial charge in [0.05, 0.1) is 5.54 Å². The summed E-state index contributed by atoms with van der Waals surface area (Å²) in [6, 6.07) is 2.05. The van der Waals surface area contributed by atoms with Crippen LogP contribution in [0, 0.1) is 6.92 Å². The largest absolute Gasteiger partial charge is 0.319 e. The molecule has 82 valence electrons.